The molecule has 26 heavy (non-hydrogen) atoms. The molecule has 0 spiro atoms. The van der Waals surface area contributed by atoms with Gasteiger partial charge in [-0.2, -0.15) is 4.31 Å². The van der Waals surface area contributed by atoms with Gasteiger partial charge in [0, 0.05) is 18.7 Å². The first kappa shape index (κ1) is 22.1. The van der Waals surface area contributed by atoms with Crippen molar-refractivity contribution < 1.29 is 23.1 Å². The second kappa shape index (κ2) is 9.14. The van der Waals surface area contributed by atoms with Gasteiger partial charge in [0.05, 0.1) is 4.90 Å². The minimum atomic E-state index is -3.70. The number of hydrogen-bond donors (Lipinski definition) is 2. The normalized spacial score (nSPS) is 13.0. The van der Waals surface area contributed by atoms with Gasteiger partial charge in [-0.15, -0.1) is 0 Å². The van der Waals surface area contributed by atoms with Gasteiger partial charge in [-0.05, 0) is 37.0 Å². The van der Waals surface area contributed by atoms with Gasteiger partial charge in [0.2, 0.25) is 10.0 Å². The summed E-state index contributed by atoms with van der Waals surface area (Å²) in [5.74, 6) is -1.62. The molecule has 0 fully saturated rings. The van der Waals surface area contributed by atoms with Crippen LogP contribution in [0.4, 0.5) is 0 Å². The largest absolute Gasteiger partial charge is 0.480 e. The summed E-state index contributed by atoms with van der Waals surface area (Å²) in [6, 6.07) is 3.31. The topological polar surface area (TPSA) is 104 Å². The fraction of sp³-hybridized carbons (Fsp3) is 0.556. The molecule has 0 saturated carbocycles. The SMILES string of the molecule is CCN(CC)S(=O)(=O)c1ccc(C)c(C(=O)N[C@H](CC(C)C)C(=O)O)c1. The van der Waals surface area contributed by atoms with Gasteiger partial charge < -0.3 is 10.4 Å². The van der Waals surface area contributed by atoms with Crippen molar-refractivity contribution in [2.24, 2.45) is 5.92 Å². The second-order valence-corrected chi connectivity index (χ2v) is 8.50. The predicted molar refractivity (Wildman–Crippen MR) is 99.6 cm³/mol. The Labute approximate surface area is 155 Å². The third kappa shape index (κ3) is 5.28. The highest BCUT2D eigenvalue weighted by Crippen LogP contribution is 2.20. The zero-order valence-electron chi connectivity index (χ0n) is 15.9. The minimum absolute atomic E-state index is 0.0210. The van der Waals surface area contributed by atoms with Crippen LogP contribution in [-0.2, 0) is 14.8 Å². The highest BCUT2D eigenvalue weighted by Gasteiger charge is 2.26. The number of nitrogens with one attached hydrogen (secondary N) is 1. The van der Waals surface area contributed by atoms with Crippen molar-refractivity contribution in [3.8, 4) is 0 Å². The highest BCUT2D eigenvalue weighted by molar-refractivity contribution is 7.89. The Hall–Kier alpha value is -1.93. The number of rotatable bonds is 9. The van der Waals surface area contributed by atoms with Crippen molar-refractivity contribution in [3.63, 3.8) is 0 Å². The number of carbonyl (C=O) groups excluding carboxylic acids is 1. The van der Waals surface area contributed by atoms with E-state index >= 15 is 0 Å². The van der Waals surface area contributed by atoms with Crippen LogP contribution in [-0.4, -0.2) is 48.8 Å². The molecule has 1 atom stereocenters. The van der Waals surface area contributed by atoms with Crippen LogP contribution in [0.25, 0.3) is 0 Å². The molecular weight excluding hydrogens is 356 g/mol. The summed E-state index contributed by atoms with van der Waals surface area (Å²) < 4.78 is 26.6. The number of carboxylic acids is 1. The van der Waals surface area contributed by atoms with Crippen LogP contribution in [0.2, 0.25) is 0 Å². The van der Waals surface area contributed by atoms with Crippen molar-refractivity contribution in [2.45, 2.75) is 52.0 Å². The average molecular weight is 384 g/mol. The maximum atomic E-state index is 12.7. The molecular formula is C18H28N2O5S. The molecule has 0 bridgehead atoms. The van der Waals surface area contributed by atoms with Crippen molar-refractivity contribution >= 4 is 21.9 Å². The molecule has 0 aliphatic carbocycles. The van der Waals surface area contributed by atoms with E-state index in [9.17, 15) is 23.1 Å². The van der Waals surface area contributed by atoms with Crippen molar-refractivity contribution in [1.29, 1.82) is 0 Å². The average Bonchev–Trinajstić information content (AvgIpc) is 2.54. The molecule has 0 unspecified atom stereocenters. The standard InChI is InChI=1S/C18H28N2O5S/c1-6-20(7-2)26(24,25)14-9-8-13(5)15(11-14)17(21)19-16(18(22)23)10-12(3)4/h8-9,11-12,16H,6-7,10H2,1-5H3,(H,19,21)(H,22,23)/t16-/m1/s1. The van der Waals surface area contributed by atoms with Crippen molar-refractivity contribution in [1.82, 2.24) is 9.62 Å². The lowest BCUT2D eigenvalue weighted by atomic mass is 10.0. The van der Waals surface area contributed by atoms with Crippen LogP contribution in [0.15, 0.2) is 23.1 Å². The van der Waals surface area contributed by atoms with E-state index in [0.717, 1.165) is 0 Å². The molecule has 8 heteroatoms. The Morgan fingerprint density at radius 1 is 1.19 bits per heavy atom. The fourth-order valence-electron chi connectivity index (χ4n) is 2.65. The quantitative estimate of drug-likeness (QED) is 0.680. The molecule has 0 radical (unpaired) electrons. The summed E-state index contributed by atoms with van der Waals surface area (Å²) in [5.41, 5.74) is 0.739. The van der Waals surface area contributed by atoms with E-state index in [2.05, 4.69) is 5.32 Å². The van der Waals surface area contributed by atoms with Crippen LogP contribution in [0.5, 0.6) is 0 Å². The van der Waals surface area contributed by atoms with Crippen LogP contribution in [0, 0.1) is 12.8 Å². The van der Waals surface area contributed by atoms with Crippen LogP contribution in [0.3, 0.4) is 0 Å². The zero-order chi connectivity index (χ0) is 20.1. The summed E-state index contributed by atoms with van der Waals surface area (Å²) in [6.45, 7) is 9.54. The van der Waals surface area contributed by atoms with E-state index in [1.807, 2.05) is 13.8 Å². The fourth-order valence-corrected chi connectivity index (χ4v) is 4.13. The molecule has 7 nitrogen and oxygen atoms in total. The van der Waals surface area contributed by atoms with Crippen LogP contribution >= 0.6 is 0 Å². The molecule has 146 valence electrons. The summed E-state index contributed by atoms with van der Waals surface area (Å²) in [5, 5.41) is 11.8. The summed E-state index contributed by atoms with van der Waals surface area (Å²) in [6.07, 6.45) is 0.289. The molecule has 0 aliphatic rings. The Morgan fingerprint density at radius 3 is 2.23 bits per heavy atom. The molecule has 1 aromatic carbocycles. The molecule has 0 heterocycles. The van der Waals surface area contributed by atoms with E-state index < -0.39 is 27.9 Å². The monoisotopic (exact) mass is 384 g/mol. The van der Waals surface area contributed by atoms with Crippen molar-refractivity contribution in [3.05, 3.63) is 29.3 Å². The highest BCUT2D eigenvalue weighted by atomic mass is 32.2. The second-order valence-electron chi connectivity index (χ2n) is 6.56. The number of carbonyl (C=O) groups is 2. The number of hydrogen-bond acceptors (Lipinski definition) is 4. The van der Waals surface area contributed by atoms with Crippen LogP contribution < -0.4 is 5.32 Å². The van der Waals surface area contributed by atoms with E-state index in [1.165, 1.54) is 16.4 Å². The van der Waals surface area contributed by atoms with Gasteiger partial charge in [-0.3, -0.25) is 4.79 Å². The van der Waals surface area contributed by atoms with E-state index in [4.69, 9.17) is 0 Å². The third-order valence-corrected chi connectivity index (χ3v) is 6.15. The molecule has 1 rings (SSSR count). The van der Waals surface area contributed by atoms with E-state index in [-0.39, 0.29) is 22.8 Å². The summed E-state index contributed by atoms with van der Waals surface area (Å²) in [7, 11) is -3.70. The Morgan fingerprint density at radius 2 is 1.77 bits per heavy atom. The lowest BCUT2D eigenvalue weighted by molar-refractivity contribution is -0.139. The van der Waals surface area contributed by atoms with Gasteiger partial charge in [0.1, 0.15) is 6.04 Å². The van der Waals surface area contributed by atoms with Crippen LogP contribution in [0.1, 0.15) is 50.0 Å². The smallest absolute Gasteiger partial charge is 0.326 e. The number of amides is 1. The molecule has 0 aromatic heterocycles. The van der Waals surface area contributed by atoms with Gasteiger partial charge in [0.25, 0.3) is 5.91 Å². The molecule has 2 N–H and O–H groups in total. The summed E-state index contributed by atoms with van der Waals surface area (Å²) >= 11 is 0. The molecule has 0 saturated heterocycles. The minimum Gasteiger partial charge on any atom is -0.480 e. The third-order valence-electron chi connectivity index (χ3n) is 4.11. The van der Waals surface area contributed by atoms with Gasteiger partial charge in [0.15, 0.2) is 0 Å². The Balaban J connectivity index is 3.21. The first-order valence-electron chi connectivity index (χ1n) is 8.69. The molecule has 0 aliphatic heterocycles. The van der Waals surface area contributed by atoms with Gasteiger partial charge >= 0.3 is 5.97 Å². The maximum absolute atomic E-state index is 12.7. The number of benzene rings is 1. The van der Waals surface area contributed by atoms with Gasteiger partial charge in [-0.1, -0.05) is 33.8 Å². The Kier molecular flexibility index (Phi) is 7.77. The molecule has 1 aromatic rings. The number of carboxylic acid groups (broad SMARTS) is 1. The summed E-state index contributed by atoms with van der Waals surface area (Å²) in [4.78, 5) is 24.0. The number of nitrogens with zero attached hydrogens (tertiary/aromatic N) is 1. The number of sulfonamides is 1. The van der Waals surface area contributed by atoms with Crippen molar-refractivity contribution in [2.75, 3.05) is 13.1 Å². The Bertz CT molecular complexity index is 755. The maximum Gasteiger partial charge on any atom is 0.326 e. The lowest BCUT2D eigenvalue weighted by Crippen LogP contribution is -2.42. The lowest BCUT2D eigenvalue weighted by Gasteiger charge is -2.20. The predicted octanol–water partition coefficient (Wildman–Crippen LogP) is 2.25. The molecule has 1 amide bonds. The van der Waals surface area contributed by atoms with E-state index in [0.29, 0.717) is 18.7 Å². The number of aliphatic carboxylic acids is 1. The zero-order valence-corrected chi connectivity index (χ0v) is 16.8. The van der Waals surface area contributed by atoms with E-state index in [1.54, 1.807) is 26.8 Å². The van der Waals surface area contributed by atoms with Gasteiger partial charge in [-0.25, -0.2) is 13.2 Å². The number of aryl methyl sites for hydroxylation is 1. The first-order valence-corrected chi connectivity index (χ1v) is 10.1. The first-order chi connectivity index (χ1) is 12.0.